The van der Waals surface area contributed by atoms with Crippen LogP contribution in [0.3, 0.4) is 0 Å². The van der Waals surface area contributed by atoms with Gasteiger partial charge in [-0.25, -0.2) is 9.59 Å². The number of piperidine rings is 1. The third kappa shape index (κ3) is 6.97. The van der Waals surface area contributed by atoms with Gasteiger partial charge in [0.05, 0.1) is 0 Å². The average molecular weight is 459 g/mol. The molecule has 3 rings (SSSR count). The summed E-state index contributed by atoms with van der Waals surface area (Å²) in [4.78, 5) is 40.4. The van der Waals surface area contributed by atoms with Crippen LogP contribution in [0.1, 0.15) is 47.5 Å². The summed E-state index contributed by atoms with van der Waals surface area (Å²) < 4.78 is 16.4. The van der Waals surface area contributed by atoms with Crippen molar-refractivity contribution in [3.63, 3.8) is 0 Å². The van der Waals surface area contributed by atoms with Crippen molar-refractivity contribution in [2.45, 2.75) is 59.1 Å². The van der Waals surface area contributed by atoms with E-state index >= 15 is 0 Å². The van der Waals surface area contributed by atoms with Gasteiger partial charge in [0.1, 0.15) is 16.9 Å². The first-order valence-electron chi connectivity index (χ1n) is 11.5. The fourth-order valence-electron chi connectivity index (χ4n) is 3.90. The maximum Gasteiger partial charge on any atom is 0.410 e. The van der Waals surface area contributed by atoms with Crippen molar-refractivity contribution in [2.24, 2.45) is 5.92 Å². The van der Waals surface area contributed by atoms with Crippen LogP contribution in [0.15, 0.2) is 39.5 Å². The van der Waals surface area contributed by atoms with Crippen LogP contribution in [0.5, 0.6) is 5.75 Å². The van der Waals surface area contributed by atoms with E-state index < -0.39 is 11.2 Å². The van der Waals surface area contributed by atoms with Crippen molar-refractivity contribution in [1.82, 2.24) is 9.80 Å². The van der Waals surface area contributed by atoms with E-state index in [0.717, 1.165) is 18.2 Å². The number of ether oxygens (including phenoxy) is 2. The molecule has 8 heteroatoms. The van der Waals surface area contributed by atoms with Crippen LogP contribution in [0.4, 0.5) is 4.79 Å². The van der Waals surface area contributed by atoms with E-state index in [-0.39, 0.29) is 30.6 Å². The summed E-state index contributed by atoms with van der Waals surface area (Å²) in [5, 5.41) is 0.784. The van der Waals surface area contributed by atoms with Gasteiger partial charge in [-0.1, -0.05) is 0 Å². The predicted molar refractivity (Wildman–Crippen MR) is 125 cm³/mol. The lowest BCUT2D eigenvalue weighted by Crippen LogP contribution is -2.48. The van der Waals surface area contributed by atoms with E-state index in [0.29, 0.717) is 31.0 Å². The lowest BCUT2D eigenvalue weighted by molar-refractivity contribution is -0.135. The Morgan fingerprint density at radius 1 is 1.21 bits per heavy atom. The quantitative estimate of drug-likeness (QED) is 0.607. The molecule has 1 atom stereocenters. The summed E-state index contributed by atoms with van der Waals surface area (Å²) in [5.74, 6) is 0.532. The Hall–Kier alpha value is -3.03. The molecule has 1 fully saturated rings. The van der Waals surface area contributed by atoms with E-state index in [4.69, 9.17) is 13.9 Å². The molecule has 1 aromatic carbocycles. The maximum atomic E-state index is 12.8. The summed E-state index contributed by atoms with van der Waals surface area (Å²) in [7, 11) is 0. The van der Waals surface area contributed by atoms with Crippen LogP contribution in [0, 0.1) is 5.92 Å². The van der Waals surface area contributed by atoms with E-state index in [1.54, 1.807) is 34.1 Å². The van der Waals surface area contributed by atoms with Gasteiger partial charge < -0.3 is 23.7 Å². The third-order valence-electron chi connectivity index (χ3n) is 5.53. The van der Waals surface area contributed by atoms with Gasteiger partial charge in [0.25, 0.3) is 5.91 Å². The maximum absolute atomic E-state index is 12.8. The highest BCUT2D eigenvalue weighted by atomic mass is 16.6. The van der Waals surface area contributed by atoms with Gasteiger partial charge in [0, 0.05) is 43.2 Å². The molecular formula is C25H34N2O6. The highest BCUT2D eigenvalue weighted by Crippen LogP contribution is 2.22. The number of fused-ring (bicyclic) bond motifs is 1. The van der Waals surface area contributed by atoms with Crippen LogP contribution in [-0.2, 0) is 9.53 Å². The van der Waals surface area contributed by atoms with Crippen LogP contribution in [0.25, 0.3) is 11.0 Å². The van der Waals surface area contributed by atoms with Gasteiger partial charge in [-0.15, -0.1) is 0 Å². The Morgan fingerprint density at radius 2 is 1.94 bits per heavy atom. The molecule has 0 aliphatic carbocycles. The highest BCUT2D eigenvalue weighted by molar-refractivity contribution is 5.79. The summed E-state index contributed by atoms with van der Waals surface area (Å²) in [6, 6.07) is 8.19. The second-order valence-corrected chi connectivity index (χ2v) is 9.82. The van der Waals surface area contributed by atoms with Crippen LogP contribution < -0.4 is 10.4 Å². The number of nitrogens with zero attached hydrogens (tertiary/aromatic N) is 2. The Morgan fingerprint density at radius 3 is 2.64 bits per heavy atom. The molecular weight excluding hydrogens is 424 g/mol. The zero-order valence-electron chi connectivity index (χ0n) is 20.1. The molecule has 1 aliphatic rings. The molecule has 1 saturated heterocycles. The lowest BCUT2D eigenvalue weighted by Gasteiger charge is -2.37. The number of carbonyl (C=O) groups excluding carboxylic acids is 2. The third-order valence-corrected chi connectivity index (χ3v) is 5.53. The van der Waals surface area contributed by atoms with Gasteiger partial charge in [0.2, 0.25) is 0 Å². The van der Waals surface area contributed by atoms with Gasteiger partial charge in [-0.2, -0.15) is 0 Å². The number of hydrogen-bond donors (Lipinski definition) is 0. The molecule has 0 saturated carbocycles. The summed E-state index contributed by atoms with van der Waals surface area (Å²) >= 11 is 0. The molecule has 0 bridgehead atoms. The smallest absolute Gasteiger partial charge is 0.410 e. The van der Waals surface area contributed by atoms with E-state index in [1.165, 1.54) is 6.07 Å². The number of benzene rings is 1. The van der Waals surface area contributed by atoms with Crippen molar-refractivity contribution in [1.29, 1.82) is 0 Å². The number of amides is 2. The van der Waals surface area contributed by atoms with Crippen molar-refractivity contribution < 1.29 is 23.5 Å². The minimum atomic E-state index is -0.554. The van der Waals surface area contributed by atoms with Crippen molar-refractivity contribution >= 4 is 23.0 Å². The molecule has 2 amide bonds. The normalized spacial score (nSPS) is 16.7. The topological polar surface area (TPSA) is 89.3 Å². The molecule has 8 nitrogen and oxygen atoms in total. The Kier molecular flexibility index (Phi) is 7.66. The van der Waals surface area contributed by atoms with E-state index in [2.05, 4.69) is 0 Å². The van der Waals surface area contributed by atoms with Gasteiger partial charge in [-0.3, -0.25) is 4.79 Å². The standard InChI is InChI=1S/C25H34N2O6/c1-17(2)27(24(30)33-25(3,4)5)15-18-7-6-12-26(14-18)22(28)16-31-20-10-8-19-9-11-23(29)32-21(19)13-20/h8-11,13,17-18H,6-7,12,14-16H2,1-5H3. The monoisotopic (exact) mass is 458 g/mol. The SMILES string of the molecule is CC(C)N(CC1CCCN(C(=O)COc2ccc3ccc(=O)oc3c2)C1)C(=O)OC(C)(C)C. The molecule has 33 heavy (non-hydrogen) atoms. The molecule has 2 aromatic rings. The van der Waals surface area contributed by atoms with Crippen molar-refractivity contribution in [3.05, 3.63) is 40.8 Å². The highest BCUT2D eigenvalue weighted by Gasteiger charge is 2.30. The van der Waals surface area contributed by atoms with Crippen LogP contribution >= 0.6 is 0 Å². The van der Waals surface area contributed by atoms with Crippen LogP contribution in [0.2, 0.25) is 0 Å². The molecule has 180 valence electrons. The first-order valence-corrected chi connectivity index (χ1v) is 11.5. The Balaban J connectivity index is 1.57. The fraction of sp³-hybridized carbons (Fsp3) is 0.560. The minimum absolute atomic E-state index is 0.00205. The predicted octanol–water partition coefficient (Wildman–Crippen LogP) is 4.06. The minimum Gasteiger partial charge on any atom is -0.484 e. The average Bonchev–Trinajstić information content (AvgIpc) is 2.74. The second-order valence-electron chi connectivity index (χ2n) is 9.82. The van der Waals surface area contributed by atoms with E-state index in [1.807, 2.05) is 34.6 Å². The summed E-state index contributed by atoms with van der Waals surface area (Å²) in [5.41, 5.74) is -0.570. The summed E-state index contributed by atoms with van der Waals surface area (Å²) in [6.45, 7) is 11.2. The molecule has 0 N–H and O–H groups in total. The zero-order chi connectivity index (χ0) is 24.2. The zero-order valence-corrected chi connectivity index (χ0v) is 20.1. The lowest BCUT2D eigenvalue weighted by atomic mass is 9.97. The van der Waals surface area contributed by atoms with Crippen LogP contribution in [-0.4, -0.2) is 59.7 Å². The first kappa shape index (κ1) is 24.6. The van der Waals surface area contributed by atoms with Crippen molar-refractivity contribution in [2.75, 3.05) is 26.2 Å². The Labute approximate surface area is 194 Å². The molecule has 1 aromatic heterocycles. The van der Waals surface area contributed by atoms with Gasteiger partial charge in [0.15, 0.2) is 6.61 Å². The number of carbonyl (C=O) groups is 2. The summed E-state index contributed by atoms with van der Waals surface area (Å²) in [6.07, 6.45) is 1.49. The number of hydrogen-bond acceptors (Lipinski definition) is 6. The number of likely N-dealkylation sites (tertiary alicyclic amines) is 1. The molecule has 0 radical (unpaired) electrons. The molecule has 2 heterocycles. The van der Waals surface area contributed by atoms with Gasteiger partial charge in [-0.05, 0) is 71.6 Å². The molecule has 1 unspecified atom stereocenters. The van der Waals surface area contributed by atoms with E-state index in [9.17, 15) is 14.4 Å². The Bertz CT molecular complexity index is 1040. The fourth-order valence-corrected chi connectivity index (χ4v) is 3.90. The largest absolute Gasteiger partial charge is 0.484 e. The van der Waals surface area contributed by atoms with Crippen molar-refractivity contribution in [3.8, 4) is 5.75 Å². The second kappa shape index (κ2) is 10.3. The molecule has 0 spiro atoms. The van der Waals surface area contributed by atoms with Gasteiger partial charge >= 0.3 is 11.7 Å². The molecule has 1 aliphatic heterocycles. The first-order chi connectivity index (χ1) is 15.5. The number of rotatable bonds is 6.